The Kier molecular flexibility index (Phi) is 5.35. The summed E-state index contributed by atoms with van der Waals surface area (Å²) in [6.07, 6.45) is 0.913. The second-order valence-corrected chi connectivity index (χ2v) is 9.28. The highest BCUT2D eigenvalue weighted by molar-refractivity contribution is 7.89. The van der Waals surface area contributed by atoms with Crippen LogP contribution in [0, 0.1) is 0 Å². The van der Waals surface area contributed by atoms with Crippen LogP contribution in [0.3, 0.4) is 0 Å². The van der Waals surface area contributed by atoms with E-state index in [9.17, 15) is 8.42 Å². The Hall–Kier alpha value is -3.11. The second-order valence-electron chi connectivity index (χ2n) is 7.13. The van der Waals surface area contributed by atoms with Crippen molar-refractivity contribution in [1.82, 2.24) is 34.1 Å². The molecule has 0 atom stereocenters. The molecule has 0 fully saturated rings. The molecule has 0 unspecified atom stereocenters. The van der Waals surface area contributed by atoms with Gasteiger partial charge in [-0.25, -0.2) is 17.7 Å². The zero-order valence-electron chi connectivity index (χ0n) is 17.1. The standard InChI is InChI=1S/C20H23N7O2S/c1-4-12-26-18-11-10-16(30(28,29)25(2)3)13-17(18)21-19(26)14-27-23-20(22-24-27)15-8-6-5-7-9-15/h5-11,13H,4,12,14H2,1-3H3. The van der Waals surface area contributed by atoms with Crippen molar-refractivity contribution in [3.8, 4) is 11.4 Å². The number of tetrazole rings is 1. The summed E-state index contributed by atoms with van der Waals surface area (Å²) in [5.41, 5.74) is 2.40. The molecule has 0 aliphatic heterocycles. The quantitative estimate of drug-likeness (QED) is 0.451. The zero-order valence-corrected chi connectivity index (χ0v) is 17.9. The second kappa shape index (κ2) is 7.96. The van der Waals surface area contributed by atoms with Gasteiger partial charge in [0, 0.05) is 26.2 Å². The van der Waals surface area contributed by atoms with Gasteiger partial charge in [0.25, 0.3) is 0 Å². The highest BCUT2D eigenvalue weighted by Crippen LogP contribution is 2.23. The van der Waals surface area contributed by atoms with E-state index in [0.29, 0.717) is 17.9 Å². The van der Waals surface area contributed by atoms with E-state index in [1.165, 1.54) is 23.2 Å². The maximum atomic E-state index is 12.5. The summed E-state index contributed by atoms with van der Waals surface area (Å²) in [7, 11) is -0.496. The first-order valence-corrected chi connectivity index (χ1v) is 11.1. The predicted molar refractivity (Wildman–Crippen MR) is 113 cm³/mol. The lowest BCUT2D eigenvalue weighted by atomic mass is 10.2. The van der Waals surface area contributed by atoms with Gasteiger partial charge >= 0.3 is 0 Å². The molecule has 10 heteroatoms. The SMILES string of the molecule is CCCn1c(Cn2nnc(-c3ccccc3)n2)nc2cc(S(=O)(=O)N(C)C)ccc21. The molecule has 30 heavy (non-hydrogen) atoms. The van der Waals surface area contributed by atoms with E-state index in [-0.39, 0.29) is 4.90 Å². The van der Waals surface area contributed by atoms with E-state index < -0.39 is 10.0 Å². The Morgan fingerprint density at radius 1 is 1.07 bits per heavy atom. The molecule has 156 valence electrons. The van der Waals surface area contributed by atoms with Crippen molar-refractivity contribution in [2.75, 3.05) is 14.1 Å². The molecule has 4 rings (SSSR count). The van der Waals surface area contributed by atoms with Gasteiger partial charge in [0.2, 0.25) is 15.8 Å². The molecule has 2 heterocycles. The molecule has 0 saturated heterocycles. The van der Waals surface area contributed by atoms with Crippen LogP contribution < -0.4 is 0 Å². The van der Waals surface area contributed by atoms with Crippen LogP contribution in [0.15, 0.2) is 53.4 Å². The maximum Gasteiger partial charge on any atom is 0.242 e. The summed E-state index contributed by atoms with van der Waals surface area (Å²) in [4.78, 5) is 6.42. The first kappa shape index (κ1) is 20.2. The van der Waals surface area contributed by atoms with Crippen LogP contribution in [-0.2, 0) is 23.1 Å². The van der Waals surface area contributed by atoms with Crippen molar-refractivity contribution in [3.63, 3.8) is 0 Å². The van der Waals surface area contributed by atoms with Gasteiger partial charge in [0.1, 0.15) is 12.4 Å². The molecule has 2 aromatic heterocycles. The fourth-order valence-corrected chi connectivity index (χ4v) is 4.19. The molecule has 0 aliphatic rings. The molecule has 0 spiro atoms. The average Bonchev–Trinajstić information content (AvgIpc) is 3.34. The predicted octanol–water partition coefficient (Wildman–Crippen LogP) is 2.40. The average molecular weight is 426 g/mol. The van der Waals surface area contributed by atoms with Crippen molar-refractivity contribution in [3.05, 3.63) is 54.4 Å². The van der Waals surface area contributed by atoms with Crippen molar-refractivity contribution in [2.45, 2.75) is 31.3 Å². The summed E-state index contributed by atoms with van der Waals surface area (Å²) in [5.74, 6) is 1.30. The van der Waals surface area contributed by atoms with Gasteiger partial charge in [-0.1, -0.05) is 37.3 Å². The van der Waals surface area contributed by atoms with Crippen LogP contribution >= 0.6 is 0 Å². The molecule has 9 nitrogen and oxygen atoms in total. The zero-order chi connectivity index (χ0) is 21.3. The summed E-state index contributed by atoms with van der Waals surface area (Å²) in [6.45, 7) is 3.18. The first-order valence-electron chi connectivity index (χ1n) is 9.65. The van der Waals surface area contributed by atoms with Gasteiger partial charge in [-0.2, -0.15) is 4.80 Å². The van der Waals surface area contributed by atoms with E-state index in [0.717, 1.165) is 29.9 Å². The van der Waals surface area contributed by atoms with Crippen LogP contribution in [0.25, 0.3) is 22.4 Å². The third kappa shape index (κ3) is 3.71. The van der Waals surface area contributed by atoms with Gasteiger partial charge in [-0.15, -0.1) is 10.2 Å². The smallest absolute Gasteiger partial charge is 0.242 e. The monoisotopic (exact) mass is 425 g/mol. The highest BCUT2D eigenvalue weighted by atomic mass is 32.2. The number of imidazole rings is 1. The molecule has 0 aliphatic carbocycles. The summed E-state index contributed by atoms with van der Waals surface area (Å²) in [6, 6.07) is 14.7. The summed E-state index contributed by atoms with van der Waals surface area (Å²) >= 11 is 0. The van der Waals surface area contributed by atoms with E-state index in [2.05, 4.69) is 26.9 Å². The Morgan fingerprint density at radius 2 is 1.83 bits per heavy atom. The number of hydrogen-bond acceptors (Lipinski definition) is 6. The summed E-state index contributed by atoms with van der Waals surface area (Å²) < 4.78 is 28.2. The molecule has 0 radical (unpaired) electrons. The minimum absolute atomic E-state index is 0.220. The minimum Gasteiger partial charge on any atom is -0.326 e. The van der Waals surface area contributed by atoms with Crippen LogP contribution in [0.5, 0.6) is 0 Å². The topological polar surface area (TPSA) is 98.8 Å². The van der Waals surface area contributed by atoms with Crippen molar-refractivity contribution in [1.29, 1.82) is 0 Å². The van der Waals surface area contributed by atoms with Gasteiger partial charge in [-0.3, -0.25) is 0 Å². The van der Waals surface area contributed by atoms with E-state index in [4.69, 9.17) is 4.98 Å². The van der Waals surface area contributed by atoms with Crippen molar-refractivity contribution in [2.24, 2.45) is 0 Å². The van der Waals surface area contributed by atoms with Gasteiger partial charge in [-0.05, 0) is 29.8 Å². The molecule has 2 aromatic carbocycles. The van der Waals surface area contributed by atoms with Gasteiger partial charge in [0.05, 0.1) is 15.9 Å². The third-order valence-corrected chi connectivity index (χ3v) is 6.60. The van der Waals surface area contributed by atoms with E-state index in [1.807, 2.05) is 36.4 Å². The Labute approximate surface area is 175 Å². The van der Waals surface area contributed by atoms with E-state index in [1.54, 1.807) is 12.1 Å². The van der Waals surface area contributed by atoms with E-state index >= 15 is 0 Å². The molecule has 0 bridgehead atoms. The number of benzene rings is 2. The number of aromatic nitrogens is 6. The van der Waals surface area contributed by atoms with Crippen molar-refractivity contribution >= 4 is 21.1 Å². The lowest BCUT2D eigenvalue weighted by Crippen LogP contribution is -2.22. The molecule has 0 saturated carbocycles. The number of rotatable bonds is 7. The number of sulfonamides is 1. The van der Waals surface area contributed by atoms with Crippen LogP contribution in [0.1, 0.15) is 19.2 Å². The Morgan fingerprint density at radius 3 is 2.53 bits per heavy atom. The lowest BCUT2D eigenvalue weighted by Gasteiger charge is -2.11. The highest BCUT2D eigenvalue weighted by Gasteiger charge is 2.20. The van der Waals surface area contributed by atoms with Gasteiger partial charge < -0.3 is 4.57 Å². The largest absolute Gasteiger partial charge is 0.326 e. The maximum absolute atomic E-state index is 12.5. The number of nitrogens with zero attached hydrogens (tertiary/aromatic N) is 7. The summed E-state index contributed by atoms with van der Waals surface area (Å²) in [5, 5.41) is 12.8. The lowest BCUT2D eigenvalue weighted by molar-refractivity contribution is 0.521. The molecular weight excluding hydrogens is 402 g/mol. The molecule has 0 amide bonds. The normalized spacial score (nSPS) is 12.1. The van der Waals surface area contributed by atoms with Gasteiger partial charge in [0.15, 0.2) is 0 Å². The minimum atomic E-state index is -3.53. The van der Waals surface area contributed by atoms with Crippen LogP contribution in [0.4, 0.5) is 0 Å². The fraction of sp³-hybridized carbons (Fsp3) is 0.300. The molecule has 0 N–H and O–H groups in total. The van der Waals surface area contributed by atoms with Crippen molar-refractivity contribution < 1.29 is 8.42 Å². The van der Waals surface area contributed by atoms with Crippen LogP contribution in [0.2, 0.25) is 0 Å². The number of hydrogen-bond donors (Lipinski definition) is 0. The molecular formula is C20H23N7O2S. The number of fused-ring (bicyclic) bond motifs is 1. The molecule has 4 aromatic rings. The number of aryl methyl sites for hydroxylation is 1. The Balaban J connectivity index is 1.71. The third-order valence-electron chi connectivity index (χ3n) is 4.79. The Bertz CT molecular complexity index is 1280. The fourth-order valence-electron chi connectivity index (χ4n) is 3.26. The van der Waals surface area contributed by atoms with Crippen LogP contribution in [-0.4, -0.2) is 56.6 Å². The first-order chi connectivity index (χ1) is 14.4.